The zero-order chi connectivity index (χ0) is 17.6. The van der Waals surface area contributed by atoms with E-state index in [1.165, 1.54) is 17.1 Å². The number of ether oxygens (including phenoxy) is 1. The van der Waals surface area contributed by atoms with Crippen LogP contribution in [-0.4, -0.2) is 43.6 Å². The number of nitrogens with two attached hydrogens (primary N) is 1. The van der Waals surface area contributed by atoms with Crippen molar-refractivity contribution in [3.63, 3.8) is 0 Å². The van der Waals surface area contributed by atoms with Crippen LogP contribution in [0.2, 0.25) is 0 Å². The standard InChI is InChI=1S/C14H19N5O4S/c1-19-9-14(16-10-19)24(21,22)17-8-13(20)18-11-2-4-12(5-3-11)23-7-6-15/h2-5,9-10,17H,6-8,15H2,1H3,(H,18,20). The summed E-state index contributed by atoms with van der Waals surface area (Å²) in [5.41, 5.74) is 5.87. The predicted octanol–water partition coefficient (Wildman–Crippen LogP) is -0.325. The number of rotatable bonds is 8. The number of amides is 1. The van der Waals surface area contributed by atoms with Gasteiger partial charge >= 0.3 is 0 Å². The van der Waals surface area contributed by atoms with Gasteiger partial charge in [0.05, 0.1) is 12.9 Å². The third-order valence-corrected chi connectivity index (χ3v) is 4.19. The molecule has 4 N–H and O–H groups in total. The molecule has 0 spiro atoms. The van der Waals surface area contributed by atoms with Crippen LogP contribution >= 0.6 is 0 Å². The van der Waals surface area contributed by atoms with Crippen molar-refractivity contribution in [3.8, 4) is 5.75 Å². The van der Waals surface area contributed by atoms with Crippen LogP contribution in [-0.2, 0) is 21.9 Å². The van der Waals surface area contributed by atoms with Crippen molar-refractivity contribution in [2.45, 2.75) is 5.03 Å². The van der Waals surface area contributed by atoms with E-state index in [2.05, 4.69) is 15.0 Å². The monoisotopic (exact) mass is 353 g/mol. The van der Waals surface area contributed by atoms with Crippen molar-refractivity contribution >= 4 is 21.6 Å². The molecule has 0 aliphatic rings. The lowest BCUT2D eigenvalue weighted by atomic mass is 10.3. The van der Waals surface area contributed by atoms with Crippen molar-refractivity contribution in [1.82, 2.24) is 14.3 Å². The maximum atomic E-state index is 12.0. The molecular formula is C14H19N5O4S. The molecule has 0 aliphatic heterocycles. The first kappa shape index (κ1) is 17.9. The Morgan fingerprint density at radius 3 is 2.62 bits per heavy atom. The molecule has 1 aromatic heterocycles. The number of benzene rings is 1. The number of nitrogens with zero attached hydrogens (tertiary/aromatic N) is 2. The number of sulfonamides is 1. The van der Waals surface area contributed by atoms with Crippen LogP contribution in [0.5, 0.6) is 5.75 Å². The Balaban J connectivity index is 1.87. The number of hydrogen-bond donors (Lipinski definition) is 3. The number of anilines is 1. The second kappa shape index (κ2) is 7.90. The highest BCUT2D eigenvalue weighted by atomic mass is 32.2. The SMILES string of the molecule is Cn1cnc(S(=O)(=O)NCC(=O)Nc2ccc(OCCN)cc2)c1. The fraction of sp³-hybridized carbons (Fsp3) is 0.286. The molecule has 0 saturated carbocycles. The minimum Gasteiger partial charge on any atom is -0.492 e. The summed E-state index contributed by atoms with van der Waals surface area (Å²) in [5.74, 6) is 0.138. The maximum absolute atomic E-state index is 12.0. The molecule has 2 aromatic rings. The lowest BCUT2D eigenvalue weighted by Crippen LogP contribution is -2.33. The Kier molecular flexibility index (Phi) is 5.90. The second-order valence-electron chi connectivity index (χ2n) is 4.91. The average molecular weight is 353 g/mol. The highest BCUT2D eigenvalue weighted by molar-refractivity contribution is 7.89. The summed E-state index contributed by atoms with van der Waals surface area (Å²) in [6, 6.07) is 6.67. The topological polar surface area (TPSA) is 128 Å². The van der Waals surface area contributed by atoms with Crippen LogP contribution in [0, 0.1) is 0 Å². The molecule has 24 heavy (non-hydrogen) atoms. The van der Waals surface area contributed by atoms with Crippen LogP contribution in [0.3, 0.4) is 0 Å². The fourth-order valence-corrected chi connectivity index (χ4v) is 2.74. The van der Waals surface area contributed by atoms with Gasteiger partial charge in [-0.05, 0) is 24.3 Å². The highest BCUT2D eigenvalue weighted by Gasteiger charge is 2.18. The van der Waals surface area contributed by atoms with E-state index in [4.69, 9.17) is 10.5 Å². The molecular weight excluding hydrogens is 334 g/mol. The van der Waals surface area contributed by atoms with Gasteiger partial charge < -0.3 is 20.4 Å². The Morgan fingerprint density at radius 1 is 1.33 bits per heavy atom. The lowest BCUT2D eigenvalue weighted by molar-refractivity contribution is -0.115. The van der Waals surface area contributed by atoms with Gasteiger partial charge in [-0.25, -0.2) is 18.1 Å². The van der Waals surface area contributed by atoms with Crippen LogP contribution < -0.4 is 20.5 Å². The third kappa shape index (κ3) is 5.05. The van der Waals surface area contributed by atoms with E-state index in [9.17, 15) is 13.2 Å². The molecule has 1 aromatic carbocycles. The van der Waals surface area contributed by atoms with E-state index in [0.29, 0.717) is 24.6 Å². The van der Waals surface area contributed by atoms with Crippen molar-refractivity contribution in [3.05, 3.63) is 36.8 Å². The third-order valence-electron chi connectivity index (χ3n) is 2.90. The van der Waals surface area contributed by atoms with Crippen molar-refractivity contribution in [1.29, 1.82) is 0 Å². The summed E-state index contributed by atoms with van der Waals surface area (Å²) in [7, 11) is -2.17. The molecule has 0 aliphatic carbocycles. The zero-order valence-corrected chi connectivity index (χ0v) is 13.9. The number of carbonyl (C=O) groups is 1. The van der Waals surface area contributed by atoms with Gasteiger partial charge in [0.15, 0.2) is 5.03 Å². The summed E-state index contributed by atoms with van der Waals surface area (Å²) >= 11 is 0. The van der Waals surface area contributed by atoms with Crippen molar-refractivity contribution in [2.24, 2.45) is 12.8 Å². The molecule has 2 rings (SSSR count). The quantitative estimate of drug-likeness (QED) is 0.596. The second-order valence-corrected chi connectivity index (χ2v) is 6.63. The zero-order valence-electron chi connectivity index (χ0n) is 13.1. The Morgan fingerprint density at radius 2 is 2.04 bits per heavy atom. The number of carbonyl (C=O) groups excluding carboxylic acids is 1. The van der Waals surface area contributed by atoms with Crippen LogP contribution in [0.4, 0.5) is 5.69 Å². The minimum absolute atomic E-state index is 0.140. The lowest BCUT2D eigenvalue weighted by Gasteiger charge is -2.08. The van der Waals surface area contributed by atoms with Crippen molar-refractivity contribution in [2.75, 3.05) is 25.0 Å². The van der Waals surface area contributed by atoms with Gasteiger partial charge in [-0.3, -0.25) is 4.79 Å². The van der Waals surface area contributed by atoms with E-state index < -0.39 is 22.5 Å². The first-order chi connectivity index (χ1) is 11.4. The van der Waals surface area contributed by atoms with Crippen LogP contribution in [0.25, 0.3) is 0 Å². The molecule has 0 saturated heterocycles. The molecule has 9 nitrogen and oxygen atoms in total. The predicted molar refractivity (Wildman–Crippen MR) is 88.0 cm³/mol. The number of hydrogen-bond acceptors (Lipinski definition) is 6. The fourth-order valence-electron chi connectivity index (χ4n) is 1.78. The van der Waals surface area contributed by atoms with E-state index in [-0.39, 0.29) is 5.03 Å². The van der Waals surface area contributed by atoms with Gasteiger partial charge in [-0.15, -0.1) is 0 Å². The van der Waals surface area contributed by atoms with Crippen molar-refractivity contribution < 1.29 is 17.9 Å². The van der Waals surface area contributed by atoms with Gasteiger partial charge in [-0.2, -0.15) is 0 Å². The molecule has 0 unspecified atom stereocenters. The first-order valence-corrected chi connectivity index (χ1v) is 8.59. The van der Waals surface area contributed by atoms with Gasteiger partial charge in [0, 0.05) is 25.5 Å². The van der Waals surface area contributed by atoms with Gasteiger partial charge in [0.2, 0.25) is 5.91 Å². The number of aromatic nitrogens is 2. The molecule has 0 atom stereocenters. The smallest absolute Gasteiger partial charge is 0.260 e. The van der Waals surface area contributed by atoms with Crippen LogP contribution in [0.15, 0.2) is 41.8 Å². The summed E-state index contributed by atoms with van der Waals surface area (Å²) in [6.07, 6.45) is 2.71. The van der Waals surface area contributed by atoms with Gasteiger partial charge in [-0.1, -0.05) is 0 Å². The highest BCUT2D eigenvalue weighted by Crippen LogP contribution is 2.15. The molecule has 0 fully saturated rings. The largest absolute Gasteiger partial charge is 0.492 e. The number of imidazole rings is 1. The molecule has 0 radical (unpaired) electrons. The molecule has 0 bridgehead atoms. The summed E-state index contributed by atoms with van der Waals surface area (Å²) in [5, 5.41) is 2.44. The van der Waals surface area contributed by atoms with Gasteiger partial charge in [0.1, 0.15) is 12.4 Å². The van der Waals surface area contributed by atoms with Crippen LogP contribution in [0.1, 0.15) is 0 Å². The normalized spacial score (nSPS) is 11.2. The Bertz CT molecular complexity index is 786. The summed E-state index contributed by atoms with van der Waals surface area (Å²) < 4.78 is 32.9. The Labute approximate surface area is 139 Å². The molecule has 10 heteroatoms. The maximum Gasteiger partial charge on any atom is 0.260 e. The summed E-state index contributed by atoms with van der Waals surface area (Å²) in [4.78, 5) is 15.6. The first-order valence-electron chi connectivity index (χ1n) is 7.11. The van der Waals surface area contributed by atoms with E-state index in [0.717, 1.165) is 0 Å². The van der Waals surface area contributed by atoms with E-state index >= 15 is 0 Å². The minimum atomic E-state index is -3.82. The number of nitrogens with one attached hydrogen (secondary N) is 2. The molecule has 1 amide bonds. The van der Waals surface area contributed by atoms with Gasteiger partial charge in [0.25, 0.3) is 10.0 Å². The van der Waals surface area contributed by atoms with E-state index in [1.807, 2.05) is 0 Å². The Hall–Kier alpha value is -2.43. The summed E-state index contributed by atoms with van der Waals surface area (Å²) in [6.45, 7) is 0.417. The average Bonchev–Trinajstić information content (AvgIpc) is 3.00. The van der Waals surface area contributed by atoms with E-state index in [1.54, 1.807) is 31.3 Å². The molecule has 130 valence electrons. The number of aryl methyl sites for hydroxylation is 1. The molecule has 1 heterocycles.